The van der Waals surface area contributed by atoms with Crippen molar-refractivity contribution >= 4 is 28.9 Å². The summed E-state index contributed by atoms with van der Waals surface area (Å²) >= 11 is 0. The minimum Gasteiger partial charge on any atom is -0.372 e. The van der Waals surface area contributed by atoms with Gasteiger partial charge in [-0.25, -0.2) is 0 Å². The maximum Gasteiger partial charge on any atom is 0.270 e. The van der Waals surface area contributed by atoms with Crippen molar-refractivity contribution in [3.63, 3.8) is 0 Å². The number of carbonyl (C=O) groups excluding carboxylic acids is 2. The lowest BCUT2D eigenvalue weighted by Gasteiger charge is -2.32. The molecule has 2 aromatic rings. The number of carbonyl (C=O) groups is 2. The highest BCUT2D eigenvalue weighted by molar-refractivity contribution is 5.99. The molecular weight excluding hydrogens is 372 g/mol. The number of piperidine rings is 1. The van der Waals surface area contributed by atoms with E-state index >= 15 is 0 Å². The van der Waals surface area contributed by atoms with Gasteiger partial charge < -0.3 is 15.5 Å². The lowest BCUT2D eigenvalue weighted by Crippen LogP contribution is -2.33. The van der Waals surface area contributed by atoms with Crippen molar-refractivity contribution < 1.29 is 14.5 Å². The maximum atomic E-state index is 12.1. The van der Waals surface area contributed by atoms with E-state index in [0.717, 1.165) is 24.7 Å². The van der Waals surface area contributed by atoms with E-state index in [9.17, 15) is 19.7 Å². The van der Waals surface area contributed by atoms with Crippen LogP contribution in [-0.4, -0.2) is 36.4 Å². The Balaban J connectivity index is 1.50. The van der Waals surface area contributed by atoms with Crippen molar-refractivity contribution in [2.75, 3.05) is 29.9 Å². The fourth-order valence-corrected chi connectivity index (χ4v) is 3.25. The summed E-state index contributed by atoms with van der Waals surface area (Å²) in [5, 5.41) is 16.0. The van der Waals surface area contributed by atoms with Crippen molar-refractivity contribution in [1.82, 2.24) is 5.32 Å². The molecule has 29 heavy (non-hydrogen) atoms. The standard InChI is InChI=1S/C21H24N4O4/c1-15-9-11-24(12-10-15)18-7-5-17(6-8-18)23-20(26)14-22-21(27)16-3-2-4-19(13-16)25(28)29/h2-8,13,15H,9-12,14H2,1H3,(H,22,27)(H,23,26). The molecule has 2 N–H and O–H groups in total. The maximum absolute atomic E-state index is 12.1. The predicted molar refractivity (Wildman–Crippen MR) is 111 cm³/mol. The largest absolute Gasteiger partial charge is 0.372 e. The number of benzene rings is 2. The lowest BCUT2D eigenvalue weighted by molar-refractivity contribution is -0.384. The minimum atomic E-state index is -0.572. The number of hydrogen-bond acceptors (Lipinski definition) is 5. The van der Waals surface area contributed by atoms with Gasteiger partial charge in [-0.1, -0.05) is 13.0 Å². The van der Waals surface area contributed by atoms with Crippen LogP contribution < -0.4 is 15.5 Å². The van der Waals surface area contributed by atoms with E-state index in [1.54, 1.807) is 0 Å². The molecule has 0 bridgehead atoms. The third-order valence-corrected chi connectivity index (χ3v) is 5.03. The number of nitro benzene ring substituents is 1. The molecule has 0 aromatic heterocycles. The third-order valence-electron chi connectivity index (χ3n) is 5.03. The molecule has 2 amide bonds. The Labute approximate surface area is 169 Å². The van der Waals surface area contributed by atoms with E-state index in [1.165, 1.54) is 37.1 Å². The van der Waals surface area contributed by atoms with E-state index in [1.807, 2.05) is 24.3 Å². The summed E-state index contributed by atoms with van der Waals surface area (Å²) in [5.41, 5.74) is 1.74. The van der Waals surface area contributed by atoms with Crippen LogP contribution in [0.1, 0.15) is 30.1 Å². The number of non-ortho nitro benzene ring substituents is 1. The van der Waals surface area contributed by atoms with Crippen LogP contribution in [0.25, 0.3) is 0 Å². The second kappa shape index (κ2) is 9.18. The summed E-state index contributed by atoms with van der Waals surface area (Å²) in [5.74, 6) is -0.149. The summed E-state index contributed by atoms with van der Waals surface area (Å²) in [6, 6.07) is 13.0. The molecule has 3 rings (SSSR count). The monoisotopic (exact) mass is 396 g/mol. The van der Waals surface area contributed by atoms with Crippen LogP contribution in [0.15, 0.2) is 48.5 Å². The van der Waals surface area contributed by atoms with E-state index in [2.05, 4.69) is 22.5 Å². The first-order valence-corrected chi connectivity index (χ1v) is 9.60. The van der Waals surface area contributed by atoms with Crippen LogP contribution in [0.5, 0.6) is 0 Å². The minimum absolute atomic E-state index is 0.132. The van der Waals surface area contributed by atoms with Crippen molar-refractivity contribution in [2.45, 2.75) is 19.8 Å². The summed E-state index contributed by atoms with van der Waals surface area (Å²) in [6.45, 7) is 4.12. The zero-order valence-corrected chi connectivity index (χ0v) is 16.3. The van der Waals surface area contributed by atoms with Crippen molar-refractivity contribution in [3.8, 4) is 0 Å². The summed E-state index contributed by atoms with van der Waals surface area (Å²) in [4.78, 5) is 36.8. The molecule has 2 aromatic carbocycles. The topological polar surface area (TPSA) is 105 Å². The van der Waals surface area contributed by atoms with Gasteiger partial charge in [0.25, 0.3) is 11.6 Å². The van der Waals surface area contributed by atoms with Gasteiger partial charge in [-0.15, -0.1) is 0 Å². The average molecular weight is 396 g/mol. The third kappa shape index (κ3) is 5.54. The van der Waals surface area contributed by atoms with Crippen LogP contribution in [0.3, 0.4) is 0 Å². The highest BCUT2D eigenvalue weighted by Gasteiger charge is 2.16. The summed E-state index contributed by atoms with van der Waals surface area (Å²) < 4.78 is 0. The first-order valence-electron chi connectivity index (χ1n) is 9.60. The van der Waals surface area contributed by atoms with Gasteiger partial charge in [-0.05, 0) is 49.1 Å². The summed E-state index contributed by atoms with van der Waals surface area (Å²) in [6.07, 6.45) is 2.37. The smallest absolute Gasteiger partial charge is 0.270 e. The number of nitrogens with zero attached hydrogens (tertiary/aromatic N) is 2. The van der Waals surface area contributed by atoms with Gasteiger partial charge in [-0.2, -0.15) is 0 Å². The summed E-state index contributed by atoms with van der Waals surface area (Å²) in [7, 11) is 0. The van der Waals surface area contributed by atoms with Crippen molar-refractivity contribution in [1.29, 1.82) is 0 Å². The molecular formula is C21H24N4O4. The quantitative estimate of drug-likeness (QED) is 0.576. The van der Waals surface area contributed by atoms with E-state index in [-0.39, 0.29) is 23.7 Å². The molecule has 1 heterocycles. The molecule has 1 fully saturated rings. The molecule has 0 saturated carbocycles. The van der Waals surface area contributed by atoms with Gasteiger partial charge in [0.2, 0.25) is 5.91 Å². The molecule has 152 valence electrons. The van der Waals surface area contributed by atoms with E-state index < -0.39 is 10.8 Å². The number of hydrogen-bond donors (Lipinski definition) is 2. The van der Waals surface area contributed by atoms with Gasteiger partial charge in [-0.3, -0.25) is 19.7 Å². The Morgan fingerprint density at radius 1 is 1.14 bits per heavy atom. The molecule has 8 heteroatoms. The number of anilines is 2. The zero-order valence-electron chi connectivity index (χ0n) is 16.3. The Morgan fingerprint density at radius 3 is 2.48 bits per heavy atom. The van der Waals surface area contributed by atoms with Gasteiger partial charge in [0.1, 0.15) is 0 Å². The van der Waals surface area contributed by atoms with Crippen LogP contribution in [0.2, 0.25) is 0 Å². The molecule has 0 spiro atoms. The molecule has 1 aliphatic rings. The van der Waals surface area contributed by atoms with Crippen LogP contribution >= 0.6 is 0 Å². The van der Waals surface area contributed by atoms with Crippen LogP contribution in [0.4, 0.5) is 17.1 Å². The molecule has 0 aliphatic carbocycles. The van der Waals surface area contributed by atoms with Crippen molar-refractivity contribution in [3.05, 3.63) is 64.2 Å². The molecule has 0 atom stereocenters. The molecule has 1 aliphatic heterocycles. The van der Waals surface area contributed by atoms with Gasteiger partial charge in [0, 0.05) is 42.2 Å². The Morgan fingerprint density at radius 2 is 1.83 bits per heavy atom. The van der Waals surface area contributed by atoms with Crippen molar-refractivity contribution in [2.24, 2.45) is 5.92 Å². The van der Waals surface area contributed by atoms with Gasteiger partial charge in [0.05, 0.1) is 11.5 Å². The fourth-order valence-electron chi connectivity index (χ4n) is 3.25. The Hall–Kier alpha value is -3.42. The fraction of sp³-hybridized carbons (Fsp3) is 0.333. The molecule has 0 unspecified atom stereocenters. The lowest BCUT2D eigenvalue weighted by atomic mass is 9.99. The first kappa shape index (κ1) is 20.3. The van der Waals surface area contributed by atoms with Crippen LogP contribution in [0, 0.1) is 16.0 Å². The van der Waals surface area contributed by atoms with E-state index in [0.29, 0.717) is 5.69 Å². The highest BCUT2D eigenvalue weighted by Crippen LogP contribution is 2.24. The van der Waals surface area contributed by atoms with Gasteiger partial charge in [0.15, 0.2) is 0 Å². The highest BCUT2D eigenvalue weighted by atomic mass is 16.6. The SMILES string of the molecule is CC1CCN(c2ccc(NC(=O)CNC(=O)c3cccc([N+](=O)[O-])c3)cc2)CC1. The predicted octanol–water partition coefficient (Wildman–Crippen LogP) is 3.20. The zero-order chi connectivity index (χ0) is 20.8. The first-order chi connectivity index (χ1) is 13.9. The second-order valence-electron chi connectivity index (χ2n) is 7.25. The Bertz CT molecular complexity index is 890. The second-order valence-corrected chi connectivity index (χ2v) is 7.25. The number of nitro groups is 1. The normalized spacial score (nSPS) is 14.3. The Kier molecular flexibility index (Phi) is 6.43. The molecule has 0 radical (unpaired) electrons. The molecule has 8 nitrogen and oxygen atoms in total. The number of amides is 2. The average Bonchev–Trinajstić information content (AvgIpc) is 2.73. The molecule has 1 saturated heterocycles. The van der Waals surface area contributed by atoms with E-state index in [4.69, 9.17) is 0 Å². The number of rotatable bonds is 6. The van der Waals surface area contributed by atoms with Gasteiger partial charge >= 0.3 is 0 Å². The van der Waals surface area contributed by atoms with Crippen LogP contribution in [-0.2, 0) is 4.79 Å². The number of nitrogens with one attached hydrogen (secondary N) is 2.